The van der Waals surface area contributed by atoms with E-state index in [9.17, 15) is 4.39 Å². The molecule has 0 spiro atoms. The number of benzene rings is 1. The van der Waals surface area contributed by atoms with Crippen LogP contribution in [0.15, 0.2) is 36.7 Å². The third-order valence-electron chi connectivity index (χ3n) is 3.84. The number of aromatic nitrogens is 2. The molecule has 1 aromatic carbocycles. The smallest absolute Gasteiger partial charge is 0.132 e. The van der Waals surface area contributed by atoms with Crippen LogP contribution in [0.3, 0.4) is 0 Å². The highest BCUT2D eigenvalue weighted by Gasteiger charge is 2.19. The average Bonchev–Trinajstić information content (AvgIpc) is 2.50. The normalized spacial score (nSPS) is 16.2. The Morgan fingerprint density at radius 3 is 2.57 bits per heavy atom. The van der Waals surface area contributed by atoms with E-state index in [1.165, 1.54) is 6.07 Å². The molecule has 5 heteroatoms. The lowest BCUT2D eigenvalue weighted by Crippen LogP contribution is -2.46. The lowest BCUT2D eigenvalue weighted by atomic mass is 10.2. The van der Waals surface area contributed by atoms with Crippen molar-refractivity contribution in [2.75, 3.05) is 31.1 Å². The highest BCUT2D eigenvalue weighted by molar-refractivity contribution is 5.39. The lowest BCUT2D eigenvalue weighted by Gasteiger charge is -2.35. The van der Waals surface area contributed by atoms with Gasteiger partial charge in [0.1, 0.15) is 18.0 Å². The zero-order valence-corrected chi connectivity index (χ0v) is 12.2. The van der Waals surface area contributed by atoms with E-state index < -0.39 is 0 Å². The van der Waals surface area contributed by atoms with Crippen LogP contribution in [0.2, 0.25) is 0 Å². The Hall–Kier alpha value is -2.01. The van der Waals surface area contributed by atoms with Crippen molar-refractivity contribution in [3.63, 3.8) is 0 Å². The van der Waals surface area contributed by atoms with Crippen molar-refractivity contribution in [2.24, 2.45) is 0 Å². The van der Waals surface area contributed by atoms with Crippen LogP contribution in [0, 0.1) is 12.7 Å². The fourth-order valence-corrected chi connectivity index (χ4v) is 2.62. The number of nitrogens with zero attached hydrogens (tertiary/aromatic N) is 4. The van der Waals surface area contributed by atoms with Gasteiger partial charge in [-0.15, -0.1) is 0 Å². The molecule has 0 N–H and O–H groups in total. The van der Waals surface area contributed by atoms with Gasteiger partial charge in [0.25, 0.3) is 0 Å². The highest BCUT2D eigenvalue weighted by Crippen LogP contribution is 2.16. The van der Waals surface area contributed by atoms with Gasteiger partial charge in [-0.25, -0.2) is 14.4 Å². The minimum Gasteiger partial charge on any atom is -0.354 e. The minimum atomic E-state index is -0.119. The van der Waals surface area contributed by atoms with Gasteiger partial charge in [0.2, 0.25) is 0 Å². The van der Waals surface area contributed by atoms with E-state index in [0.717, 1.165) is 43.3 Å². The van der Waals surface area contributed by atoms with Crippen LogP contribution in [0.5, 0.6) is 0 Å². The van der Waals surface area contributed by atoms with Gasteiger partial charge in [-0.05, 0) is 13.0 Å². The van der Waals surface area contributed by atoms with Gasteiger partial charge in [-0.3, -0.25) is 4.90 Å². The van der Waals surface area contributed by atoms with Gasteiger partial charge in [0, 0.05) is 50.0 Å². The van der Waals surface area contributed by atoms with Crippen LogP contribution in [-0.2, 0) is 6.54 Å². The molecule has 0 amide bonds. The molecule has 1 aromatic heterocycles. The standard InChI is InChI=1S/C16H19FN4/c1-13-10-16(19-12-18-13)21-8-6-20(7-9-21)11-14-4-2-3-5-15(14)17/h2-5,10,12H,6-9,11H2,1H3. The molecular weight excluding hydrogens is 267 g/mol. The summed E-state index contributed by atoms with van der Waals surface area (Å²) in [4.78, 5) is 13.0. The first-order valence-electron chi connectivity index (χ1n) is 7.22. The van der Waals surface area contributed by atoms with Crippen molar-refractivity contribution >= 4 is 5.82 Å². The van der Waals surface area contributed by atoms with E-state index in [1.54, 1.807) is 12.4 Å². The molecule has 3 rings (SSSR count). The first kappa shape index (κ1) is 13.9. The Bertz CT molecular complexity index is 609. The summed E-state index contributed by atoms with van der Waals surface area (Å²) in [5.41, 5.74) is 1.75. The van der Waals surface area contributed by atoms with Crippen LogP contribution in [0.25, 0.3) is 0 Å². The number of halogens is 1. The maximum Gasteiger partial charge on any atom is 0.132 e. The van der Waals surface area contributed by atoms with Crippen LogP contribution < -0.4 is 4.90 Å². The predicted molar refractivity (Wildman–Crippen MR) is 80.7 cm³/mol. The molecule has 0 aliphatic carbocycles. The third kappa shape index (κ3) is 3.36. The summed E-state index contributed by atoms with van der Waals surface area (Å²) in [5, 5.41) is 0. The van der Waals surface area contributed by atoms with Gasteiger partial charge in [-0.1, -0.05) is 18.2 Å². The molecule has 0 atom stereocenters. The molecule has 1 saturated heterocycles. The molecule has 0 radical (unpaired) electrons. The summed E-state index contributed by atoms with van der Waals surface area (Å²) < 4.78 is 13.7. The molecule has 1 fully saturated rings. The van der Waals surface area contributed by atoms with Crippen LogP contribution in [0.4, 0.5) is 10.2 Å². The van der Waals surface area contributed by atoms with Gasteiger partial charge in [0.05, 0.1) is 0 Å². The number of hydrogen-bond acceptors (Lipinski definition) is 4. The highest BCUT2D eigenvalue weighted by atomic mass is 19.1. The molecule has 110 valence electrons. The van der Waals surface area contributed by atoms with Gasteiger partial charge in [-0.2, -0.15) is 0 Å². The summed E-state index contributed by atoms with van der Waals surface area (Å²) in [6, 6.07) is 9.00. The Kier molecular flexibility index (Phi) is 4.10. The van der Waals surface area contributed by atoms with Crippen molar-refractivity contribution in [1.82, 2.24) is 14.9 Å². The second-order valence-corrected chi connectivity index (χ2v) is 5.37. The molecular formula is C16H19FN4. The second-order valence-electron chi connectivity index (χ2n) is 5.37. The zero-order chi connectivity index (χ0) is 14.7. The van der Waals surface area contributed by atoms with Gasteiger partial charge < -0.3 is 4.90 Å². The summed E-state index contributed by atoms with van der Waals surface area (Å²) >= 11 is 0. The van der Waals surface area contributed by atoms with E-state index in [4.69, 9.17) is 0 Å². The molecule has 0 saturated carbocycles. The van der Waals surface area contributed by atoms with Crippen molar-refractivity contribution in [1.29, 1.82) is 0 Å². The number of anilines is 1. The Balaban J connectivity index is 1.59. The molecule has 0 bridgehead atoms. The average molecular weight is 286 g/mol. The Morgan fingerprint density at radius 2 is 1.86 bits per heavy atom. The summed E-state index contributed by atoms with van der Waals surface area (Å²) in [7, 11) is 0. The first-order chi connectivity index (χ1) is 10.2. The molecule has 4 nitrogen and oxygen atoms in total. The van der Waals surface area contributed by atoms with Crippen molar-refractivity contribution in [3.05, 3.63) is 53.7 Å². The fraction of sp³-hybridized carbons (Fsp3) is 0.375. The maximum atomic E-state index is 13.7. The van der Waals surface area contributed by atoms with E-state index >= 15 is 0 Å². The predicted octanol–water partition coefficient (Wildman–Crippen LogP) is 2.25. The SMILES string of the molecule is Cc1cc(N2CCN(Cc3ccccc3F)CC2)ncn1. The maximum absolute atomic E-state index is 13.7. The van der Waals surface area contributed by atoms with Crippen LogP contribution in [-0.4, -0.2) is 41.0 Å². The van der Waals surface area contributed by atoms with Crippen molar-refractivity contribution in [3.8, 4) is 0 Å². The van der Waals surface area contributed by atoms with Gasteiger partial charge in [0.15, 0.2) is 0 Å². The van der Waals surface area contributed by atoms with E-state index in [1.807, 2.05) is 25.1 Å². The lowest BCUT2D eigenvalue weighted by molar-refractivity contribution is 0.246. The molecule has 21 heavy (non-hydrogen) atoms. The third-order valence-corrected chi connectivity index (χ3v) is 3.84. The molecule has 0 unspecified atom stereocenters. The monoisotopic (exact) mass is 286 g/mol. The van der Waals surface area contributed by atoms with Crippen LogP contribution in [0.1, 0.15) is 11.3 Å². The summed E-state index contributed by atoms with van der Waals surface area (Å²) in [5.74, 6) is 0.861. The quantitative estimate of drug-likeness (QED) is 0.866. The largest absolute Gasteiger partial charge is 0.354 e. The number of hydrogen-bond donors (Lipinski definition) is 0. The Morgan fingerprint density at radius 1 is 1.10 bits per heavy atom. The summed E-state index contributed by atoms with van der Waals surface area (Å²) in [6.45, 7) is 6.29. The number of piperazine rings is 1. The van der Waals surface area contributed by atoms with Crippen molar-refractivity contribution < 1.29 is 4.39 Å². The zero-order valence-electron chi connectivity index (χ0n) is 12.2. The van der Waals surface area contributed by atoms with Gasteiger partial charge >= 0.3 is 0 Å². The molecule has 2 heterocycles. The number of rotatable bonds is 3. The van der Waals surface area contributed by atoms with E-state index in [-0.39, 0.29) is 5.82 Å². The summed E-state index contributed by atoms with van der Waals surface area (Å²) in [6.07, 6.45) is 1.61. The topological polar surface area (TPSA) is 32.3 Å². The Labute approximate surface area is 124 Å². The first-order valence-corrected chi connectivity index (χ1v) is 7.22. The minimum absolute atomic E-state index is 0.119. The van der Waals surface area contributed by atoms with E-state index in [0.29, 0.717) is 6.54 Å². The fourth-order valence-electron chi connectivity index (χ4n) is 2.62. The van der Waals surface area contributed by atoms with Crippen molar-refractivity contribution in [2.45, 2.75) is 13.5 Å². The molecule has 1 aliphatic heterocycles. The van der Waals surface area contributed by atoms with E-state index in [2.05, 4.69) is 19.8 Å². The molecule has 1 aliphatic rings. The second kappa shape index (κ2) is 6.18. The number of aryl methyl sites for hydroxylation is 1. The molecule has 2 aromatic rings. The van der Waals surface area contributed by atoms with Crippen LogP contribution >= 0.6 is 0 Å².